The van der Waals surface area contributed by atoms with E-state index in [0.29, 0.717) is 10.6 Å². The van der Waals surface area contributed by atoms with Gasteiger partial charge >= 0.3 is 0 Å². The van der Waals surface area contributed by atoms with E-state index >= 15 is 0 Å². The molecule has 0 spiro atoms. The summed E-state index contributed by atoms with van der Waals surface area (Å²) in [6, 6.07) is 5.03. The molecule has 0 bridgehead atoms. The zero-order chi connectivity index (χ0) is 13.8. The molecular formula is C13H13BrClN3O. The molecule has 2 N–H and O–H groups in total. The van der Waals surface area contributed by atoms with Crippen molar-refractivity contribution in [3.8, 4) is 0 Å². The molecule has 1 unspecified atom stereocenters. The van der Waals surface area contributed by atoms with E-state index in [9.17, 15) is 4.79 Å². The molecule has 6 heteroatoms. The molecule has 0 aliphatic heterocycles. The number of aromatic nitrogens is 2. The summed E-state index contributed by atoms with van der Waals surface area (Å²) in [5.41, 5.74) is 0.454. The molecule has 0 saturated carbocycles. The summed E-state index contributed by atoms with van der Waals surface area (Å²) < 4.78 is 0.840. The van der Waals surface area contributed by atoms with Gasteiger partial charge in [0.25, 0.3) is 5.91 Å². The van der Waals surface area contributed by atoms with Crippen LogP contribution in [0.25, 0.3) is 0 Å². The van der Waals surface area contributed by atoms with Crippen LogP contribution in [0, 0.1) is 0 Å². The van der Waals surface area contributed by atoms with Crippen molar-refractivity contribution in [1.82, 2.24) is 15.3 Å². The fraction of sp³-hybridized carbons (Fsp3) is 0.231. The molecule has 2 aromatic rings. The molecule has 100 valence electrons. The summed E-state index contributed by atoms with van der Waals surface area (Å²) in [7, 11) is 0. The molecular weight excluding hydrogens is 330 g/mol. The third-order valence-corrected chi connectivity index (χ3v) is 3.54. The number of carbonyl (C=O) groups excluding carboxylic acids is 1. The number of H-pyrrole nitrogens is 1. The van der Waals surface area contributed by atoms with Crippen LogP contribution in [0.15, 0.2) is 35.1 Å². The van der Waals surface area contributed by atoms with Gasteiger partial charge in [-0.25, -0.2) is 4.98 Å². The van der Waals surface area contributed by atoms with Crippen molar-refractivity contribution < 1.29 is 4.79 Å². The van der Waals surface area contributed by atoms with Crippen LogP contribution < -0.4 is 5.32 Å². The second-order valence-corrected chi connectivity index (χ2v) is 5.36. The maximum absolute atomic E-state index is 12.2. The van der Waals surface area contributed by atoms with Gasteiger partial charge in [0.2, 0.25) is 0 Å². The quantitative estimate of drug-likeness (QED) is 0.890. The lowest BCUT2D eigenvalue weighted by atomic mass is 10.1. The Balaban J connectivity index is 2.16. The molecule has 1 aromatic carbocycles. The normalized spacial score (nSPS) is 12.2. The van der Waals surface area contributed by atoms with E-state index in [0.717, 1.165) is 16.7 Å². The fourth-order valence-electron chi connectivity index (χ4n) is 1.74. The van der Waals surface area contributed by atoms with Gasteiger partial charge in [0.05, 0.1) is 16.6 Å². The zero-order valence-corrected chi connectivity index (χ0v) is 12.6. The van der Waals surface area contributed by atoms with Crippen molar-refractivity contribution in [2.75, 3.05) is 0 Å². The number of aromatic amines is 1. The number of amides is 1. The van der Waals surface area contributed by atoms with Gasteiger partial charge in [0.1, 0.15) is 5.82 Å². The molecule has 19 heavy (non-hydrogen) atoms. The van der Waals surface area contributed by atoms with Crippen LogP contribution in [-0.2, 0) is 0 Å². The van der Waals surface area contributed by atoms with Crippen LogP contribution in [0.3, 0.4) is 0 Å². The number of hydrogen-bond acceptors (Lipinski definition) is 2. The van der Waals surface area contributed by atoms with E-state index in [2.05, 4.69) is 31.2 Å². The molecule has 0 aliphatic carbocycles. The molecule has 0 aliphatic rings. The third kappa shape index (κ3) is 3.36. The van der Waals surface area contributed by atoms with Crippen LogP contribution in [0.5, 0.6) is 0 Å². The average molecular weight is 343 g/mol. The van der Waals surface area contributed by atoms with E-state index < -0.39 is 0 Å². The number of nitrogens with one attached hydrogen (secondary N) is 2. The predicted octanol–water partition coefficient (Wildman–Crippen LogP) is 3.71. The van der Waals surface area contributed by atoms with Crippen molar-refractivity contribution in [3.05, 3.63) is 51.5 Å². The Hall–Kier alpha value is -1.33. The van der Waals surface area contributed by atoms with Crippen molar-refractivity contribution in [3.63, 3.8) is 0 Å². The van der Waals surface area contributed by atoms with E-state index in [-0.39, 0.29) is 11.9 Å². The van der Waals surface area contributed by atoms with Gasteiger partial charge in [-0.15, -0.1) is 0 Å². The minimum absolute atomic E-state index is 0.151. The standard InChI is InChI=1S/C13H13BrClN3O/c1-2-11(12-16-5-6-17-12)18-13(19)9-4-3-8(14)7-10(9)15/h3-7,11H,2H2,1H3,(H,16,17)(H,18,19). The number of rotatable bonds is 4. The van der Waals surface area contributed by atoms with Gasteiger partial charge in [-0.3, -0.25) is 4.79 Å². The summed E-state index contributed by atoms with van der Waals surface area (Å²) in [6.07, 6.45) is 4.14. The lowest BCUT2D eigenvalue weighted by Gasteiger charge is -2.15. The highest BCUT2D eigenvalue weighted by molar-refractivity contribution is 9.10. The van der Waals surface area contributed by atoms with Gasteiger partial charge in [0, 0.05) is 16.9 Å². The van der Waals surface area contributed by atoms with Gasteiger partial charge in [-0.05, 0) is 24.6 Å². The fourth-order valence-corrected chi connectivity index (χ4v) is 2.50. The molecule has 1 aromatic heterocycles. The molecule has 4 nitrogen and oxygen atoms in total. The van der Waals surface area contributed by atoms with Crippen molar-refractivity contribution in [1.29, 1.82) is 0 Å². The Labute approximate surface area is 124 Å². The average Bonchev–Trinajstić information content (AvgIpc) is 2.89. The van der Waals surface area contributed by atoms with Crippen LogP contribution in [0.4, 0.5) is 0 Å². The first-order valence-electron chi connectivity index (χ1n) is 5.87. The van der Waals surface area contributed by atoms with Crippen LogP contribution >= 0.6 is 27.5 Å². The number of benzene rings is 1. The third-order valence-electron chi connectivity index (χ3n) is 2.74. The molecule has 1 heterocycles. The SMILES string of the molecule is CCC(NC(=O)c1ccc(Br)cc1Cl)c1ncc[nH]1. The van der Waals surface area contributed by atoms with E-state index in [1.165, 1.54) is 0 Å². The highest BCUT2D eigenvalue weighted by Gasteiger charge is 2.17. The number of hydrogen-bond donors (Lipinski definition) is 2. The number of carbonyl (C=O) groups is 1. The van der Waals surface area contributed by atoms with Crippen molar-refractivity contribution >= 4 is 33.4 Å². The minimum Gasteiger partial charge on any atom is -0.347 e. The number of imidazole rings is 1. The summed E-state index contributed by atoms with van der Waals surface area (Å²) in [5.74, 6) is 0.532. The summed E-state index contributed by atoms with van der Waals surface area (Å²) in [4.78, 5) is 19.4. The van der Waals surface area contributed by atoms with E-state index in [4.69, 9.17) is 11.6 Å². The zero-order valence-electron chi connectivity index (χ0n) is 10.3. The van der Waals surface area contributed by atoms with Gasteiger partial charge in [-0.1, -0.05) is 34.5 Å². The molecule has 0 radical (unpaired) electrons. The highest BCUT2D eigenvalue weighted by atomic mass is 79.9. The van der Waals surface area contributed by atoms with Crippen molar-refractivity contribution in [2.45, 2.75) is 19.4 Å². The first-order valence-corrected chi connectivity index (χ1v) is 7.04. The van der Waals surface area contributed by atoms with E-state index in [1.807, 2.05) is 6.92 Å². The lowest BCUT2D eigenvalue weighted by Crippen LogP contribution is -2.29. The number of halogens is 2. The Morgan fingerprint density at radius 3 is 2.95 bits per heavy atom. The Morgan fingerprint density at radius 2 is 2.37 bits per heavy atom. The second kappa shape index (κ2) is 6.21. The smallest absolute Gasteiger partial charge is 0.253 e. The molecule has 0 saturated heterocycles. The van der Waals surface area contributed by atoms with Crippen LogP contribution in [0.1, 0.15) is 35.6 Å². The monoisotopic (exact) mass is 341 g/mol. The second-order valence-electron chi connectivity index (χ2n) is 4.03. The van der Waals surface area contributed by atoms with Gasteiger partial charge < -0.3 is 10.3 Å². The van der Waals surface area contributed by atoms with Gasteiger partial charge in [0.15, 0.2) is 0 Å². The topological polar surface area (TPSA) is 57.8 Å². The minimum atomic E-state index is -0.208. The Morgan fingerprint density at radius 1 is 1.58 bits per heavy atom. The molecule has 0 fully saturated rings. The maximum Gasteiger partial charge on any atom is 0.253 e. The first kappa shape index (κ1) is 14.1. The highest BCUT2D eigenvalue weighted by Crippen LogP contribution is 2.22. The van der Waals surface area contributed by atoms with Crippen molar-refractivity contribution in [2.24, 2.45) is 0 Å². The predicted molar refractivity (Wildman–Crippen MR) is 78.2 cm³/mol. The van der Waals surface area contributed by atoms with Crippen LogP contribution in [0.2, 0.25) is 5.02 Å². The maximum atomic E-state index is 12.2. The van der Waals surface area contributed by atoms with Crippen LogP contribution in [-0.4, -0.2) is 15.9 Å². The first-order chi connectivity index (χ1) is 9.11. The van der Waals surface area contributed by atoms with Gasteiger partial charge in [-0.2, -0.15) is 0 Å². The number of nitrogens with zero attached hydrogens (tertiary/aromatic N) is 1. The Bertz CT molecular complexity index is 571. The summed E-state index contributed by atoms with van der Waals surface area (Å²) in [5, 5.41) is 3.33. The molecule has 1 amide bonds. The lowest BCUT2D eigenvalue weighted by molar-refractivity contribution is 0.0934. The summed E-state index contributed by atoms with van der Waals surface area (Å²) in [6.45, 7) is 1.98. The molecule has 1 atom stereocenters. The largest absolute Gasteiger partial charge is 0.347 e. The molecule has 2 rings (SSSR count). The Kier molecular flexibility index (Phi) is 4.61. The van der Waals surface area contributed by atoms with E-state index in [1.54, 1.807) is 30.6 Å². The summed E-state index contributed by atoms with van der Waals surface area (Å²) >= 11 is 9.37.